The predicted octanol–water partition coefficient (Wildman–Crippen LogP) is 3.69. The quantitative estimate of drug-likeness (QED) is 0.895. The lowest BCUT2D eigenvalue weighted by Crippen LogP contribution is -2.54. The highest BCUT2D eigenvalue weighted by atomic mass is 19.1. The Morgan fingerprint density at radius 1 is 1.33 bits per heavy atom. The summed E-state index contributed by atoms with van der Waals surface area (Å²) < 4.78 is 32.8. The lowest BCUT2D eigenvalue weighted by molar-refractivity contribution is -0.0731. The number of methoxy groups -OCH3 is 1. The van der Waals surface area contributed by atoms with Gasteiger partial charge in [0.05, 0.1) is 5.60 Å². The van der Waals surface area contributed by atoms with E-state index in [1.165, 1.54) is 12.1 Å². The van der Waals surface area contributed by atoms with E-state index in [0.717, 1.165) is 31.7 Å². The number of ether oxygens (including phenoxy) is 1. The van der Waals surface area contributed by atoms with Crippen molar-refractivity contribution in [3.8, 4) is 0 Å². The molecule has 0 spiro atoms. The second kappa shape index (κ2) is 6.84. The molecule has 0 aromatic heterocycles. The van der Waals surface area contributed by atoms with Crippen molar-refractivity contribution in [3.63, 3.8) is 0 Å². The van der Waals surface area contributed by atoms with Gasteiger partial charge in [-0.25, -0.2) is 8.78 Å². The van der Waals surface area contributed by atoms with Gasteiger partial charge in [0.2, 0.25) is 0 Å². The van der Waals surface area contributed by atoms with Gasteiger partial charge in [-0.3, -0.25) is 0 Å². The molecule has 1 fully saturated rings. The van der Waals surface area contributed by atoms with Crippen LogP contribution in [0, 0.1) is 17.6 Å². The molecule has 2 nitrogen and oxygen atoms in total. The Kier molecular flexibility index (Phi) is 5.33. The normalized spacial score (nSPS) is 27.6. The van der Waals surface area contributed by atoms with Gasteiger partial charge < -0.3 is 10.1 Å². The van der Waals surface area contributed by atoms with Crippen molar-refractivity contribution < 1.29 is 13.5 Å². The first-order chi connectivity index (χ1) is 10.0. The maximum atomic E-state index is 13.9. The minimum Gasteiger partial charge on any atom is -0.377 e. The molecule has 1 saturated carbocycles. The zero-order valence-corrected chi connectivity index (χ0v) is 13.1. The molecule has 0 aliphatic heterocycles. The van der Waals surface area contributed by atoms with Gasteiger partial charge in [0, 0.05) is 19.2 Å². The van der Waals surface area contributed by atoms with Gasteiger partial charge in [-0.15, -0.1) is 0 Å². The molecule has 1 N–H and O–H groups in total. The highest BCUT2D eigenvalue weighted by molar-refractivity contribution is 5.21. The van der Waals surface area contributed by atoms with E-state index in [2.05, 4.69) is 12.2 Å². The Labute approximate surface area is 125 Å². The molecular weight excluding hydrogens is 272 g/mol. The molecule has 1 atom stereocenters. The zero-order valence-electron chi connectivity index (χ0n) is 13.1. The fourth-order valence-electron chi connectivity index (χ4n) is 3.40. The standard InChI is InChI=1S/C17H25F2NO/c1-12-6-8-17(21-3,9-7-12)16(20-2)10-13-4-5-14(18)11-15(13)19/h4-5,11-12,16,20H,6-10H2,1-3H3. The van der Waals surface area contributed by atoms with Crippen LogP contribution in [-0.4, -0.2) is 25.8 Å². The van der Waals surface area contributed by atoms with Gasteiger partial charge in [0.25, 0.3) is 0 Å². The van der Waals surface area contributed by atoms with Crippen LogP contribution in [0.5, 0.6) is 0 Å². The molecule has 4 heteroatoms. The van der Waals surface area contributed by atoms with Crippen molar-refractivity contribution in [3.05, 3.63) is 35.4 Å². The number of nitrogens with one attached hydrogen (secondary N) is 1. The van der Waals surface area contributed by atoms with Crippen LogP contribution in [-0.2, 0) is 11.2 Å². The molecule has 2 rings (SSSR count). The van der Waals surface area contributed by atoms with Crippen LogP contribution in [0.25, 0.3) is 0 Å². The molecule has 0 bridgehead atoms. The van der Waals surface area contributed by atoms with E-state index in [0.29, 0.717) is 17.9 Å². The minimum atomic E-state index is -0.537. The molecule has 0 radical (unpaired) electrons. The average Bonchev–Trinajstić information content (AvgIpc) is 2.48. The minimum absolute atomic E-state index is 0.0231. The van der Waals surface area contributed by atoms with Gasteiger partial charge in [-0.2, -0.15) is 0 Å². The Hall–Kier alpha value is -1.00. The van der Waals surface area contributed by atoms with Crippen molar-refractivity contribution in [2.75, 3.05) is 14.2 Å². The first kappa shape index (κ1) is 16.4. The first-order valence-electron chi connectivity index (χ1n) is 7.67. The highest BCUT2D eigenvalue weighted by Gasteiger charge is 2.41. The van der Waals surface area contributed by atoms with E-state index in [9.17, 15) is 8.78 Å². The summed E-state index contributed by atoms with van der Waals surface area (Å²) in [5.41, 5.74) is 0.271. The van der Waals surface area contributed by atoms with Crippen LogP contribution in [0.15, 0.2) is 18.2 Å². The predicted molar refractivity (Wildman–Crippen MR) is 80.3 cm³/mol. The summed E-state index contributed by atoms with van der Waals surface area (Å²) in [7, 11) is 3.62. The van der Waals surface area contributed by atoms with Crippen molar-refractivity contribution >= 4 is 0 Å². The molecule has 1 aliphatic rings. The summed E-state index contributed by atoms with van der Waals surface area (Å²) in [6.45, 7) is 2.26. The highest BCUT2D eigenvalue weighted by Crippen LogP contribution is 2.38. The summed E-state index contributed by atoms with van der Waals surface area (Å²) in [5.74, 6) is -0.302. The molecule has 1 aromatic rings. The molecule has 0 heterocycles. The Bertz CT molecular complexity index is 470. The lowest BCUT2D eigenvalue weighted by Gasteiger charge is -2.44. The molecule has 0 saturated heterocycles. The van der Waals surface area contributed by atoms with Crippen molar-refractivity contribution in [2.45, 2.75) is 50.7 Å². The Morgan fingerprint density at radius 2 is 2.00 bits per heavy atom. The van der Waals surface area contributed by atoms with Crippen molar-refractivity contribution in [2.24, 2.45) is 5.92 Å². The maximum absolute atomic E-state index is 13.9. The van der Waals surface area contributed by atoms with Gasteiger partial charge in [0.1, 0.15) is 11.6 Å². The monoisotopic (exact) mass is 297 g/mol. The van der Waals surface area contributed by atoms with Crippen LogP contribution in [0.2, 0.25) is 0 Å². The lowest BCUT2D eigenvalue weighted by atomic mass is 9.74. The molecule has 0 amide bonds. The number of hydrogen-bond donors (Lipinski definition) is 1. The summed E-state index contributed by atoms with van der Waals surface area (Å²) in [6.07, 6.45) is 4.69. The fourth-order valence-corrected chi connectivity index (χ4v) is 3.40. The van der Waals surface area contributed by atoms with E-state index >= 15 is 0 Å². The third kappa shape index (κ3) is 3.61. The number of likely N-dealkylation sites (N-methyl/N-ethyl adjacent to an activating group) is 1. The molecule has 21 heavy (non-hydrogen) atoms. The molecule has 1 aromatic carbocycles. The summed E-state index contributed by atoms with van der Waals surface area (Å²) >= 11 is 0. The van der Waals surface area contributed by atoms with Crippen LogP contribution in [0.1, 0.15) is 38.2 Å². The van der Waals surface area contributed by atoms with Crippen LogP contribution < -0.4 is 5.32 Å². The Morgan fingerprint density at radius 3 is 2.52 bits per heavy atom. The number of rotatable bonds is 5. The van der Waals surface area contributed by atoms with E-state index in [-0.39, 0.29) is 11.6 Å². The van der Waals surface area contributed by atoms with E-state index in [1.807, 2.05) is 7.05 Å². The molecule has 1 aliphatic carbocycles. The van der Waals surface area contributed by atoms with E-state index < -0.39 is 11.6 Å². The molecule has 118 valence electrons. The Balaban J connectivity index is 2.17. The SMILES string of the molecule is CNC(Cc1ccc(F)cc1F)C1(OC)CCC(C)CC1. The topological polar surface area (TPSA) is 21.3 Å². The molecular formula is C17H25F2NO. The number of hydrogen-bond acceptors (Lipinski definition) is 2. The number of benzene rings is 1. The number of halogens is 2. The van der Waals surface area contributed by atoms with Crippen LogP contribution in [0.3, 0.4) is 0 Å². The second-order valence-electron chi connectivity index (χ2n) is 6.23. The van der Waals surface area contributed by atoms with Gasteiger partial charge >= 0.3 is 0 Å². The summed E-state index contributed by atoms with van der Waals surface area (Å²) in [6, 6.07) is 3.82. The van der Waals surface area contributed by atoms with Crippen molar-refractivity contribution in [1.29, 1.82) is 0 Å². The zero-order chi connectivity index (χ0) is 15.5. The second-order valence-corrected chi connectivity index (χ2v) is 6.23. The first-order valence-corrected chi connectivity index (χ1v) is 7.67. The smallest absolute Gasteiger partial charge is 0.129 e. The van der Waals surface area contributed by atoms with Gasteiger partial charge in [-0.1, -0.05) is 13.0 Å². The van der Waals surface area contributed by atoms with Crippen LogP contribution in [0.4, 0.5) is 8.78 Å². The largest absolute Gasteiger partial charge is 0.377 e. The third-order valence-electron chi connectivity index (χ3n) is 4.95. The van der Waals surface area contributed by atoms with Gasteiger partial charge in [0.15, 0.2) is 0 Å². The van der Waals surface area contributed by atoms with Crippen molar-refractivity contribution in [1.82, 2.24) is 5.32 Å². The fraction of sp³-hybridized carbons (Fsp3) is 0.647. The van der Waals surface area contributed by atoms with E-state index in [1.54, 1.807) is 7.11 Å². The van der Waals surface area contributed by atoms with Crippen LogP contribution >= 0.6 is 0 Å². The summed E-state index contributed by atoms with van der Waals surface area (Å²) in [4.78, 5) is 0. The molecule has 1 unspecified atom stereocenters. The average molecular weight is 297 g/mol. The van der Waals surface area contributed by atoms with Gasteiger partial charge in [-0.05, 0) is 56.7 Å². The van der Waals surface area contributed by atoms with E-state index in [4.69, 9.17) is 4.74 Å². The third-order valence-corrected chi connectivity index (χ3v) is 4.95. The summed E-state index contributed by atoms with van der Waals surface area (Å²) in [5, 5.41) is 3.28. The maximum Gasteiger partial charge on any atom is 0.129 e.